The van der Waals surface area contributed by atoms with Gasteiger partial charge in [-0.1, -0.05) is 12.1 Å². The minimum atomic E-state index is -0.272. The molecule has 5 heteroatoms. The summed E-state index contributed by atoms with van der Waals surface area (Å²) in [6.07, 6.45) is 0.488. The summed E-state index contributed by atoms with van der Waals surface area (Å²) in [7, 11) is 2.09. The molecule has 2 heterocycles. The quantitative estimate of drug-likeness (QED) is 0.820. The number of carbonyl (C=O) groups excluding carboxylic acids is 1. The van der Waals surface area contributed by atoms with Gasteiger partial charge in [-0.3, -0.25) is 4.79 Å². The monoisotopic (exact) mass is 292 g/mol. The lowest BCUT2D eigenvalue weighted by atomic mass is 10.1. The van der Waals surface area contributed by atoms with E-state index in [0.717, 1.165) is 31.8 Å². The van der Waals surface area contributed by atoms with E-state index in [2.05, 4.69) is 11.9 Å². The molecule has 114 valence electrons. The van der Waals surface area contributed by atoms with Gasteiger partial charge in [0.25, 0.3) is 0 Å². The summed E-state index contributed by atoms with van der Waals surface area (Å²) in [6, 6.07) is 6.14. The standard InChI is InChI=1S/C16H21FN2O2/c1-18-6-7-21-15-11-19(10-13(15)9-18)16(20)8-12-2-4-14(17)5-3-12/h2-5,13,15H,6-11H2,1H3/t13-,15+/m0/s1. The summed E-state index contributed by atoms with van der Waals surface area (Å²) in [5.74, 6) is 0.224. The second-order valence-corrected chi connectivity index (χ2v) is 6.03. The summed E-state index contributed by atoms with van der Waals surface area (Å²) in [4.78, 5) is 16.5. The van der Waals surface area contributed by atoms with E-state index in [-0.39, 0.29) is 17.8 Å². The predicted octanol–water partition coefficient (Wildman–Crippen LogP) is 1.16. The molecule has 0 unspecified atom stereocenters. The Bertz CT molecular complexity index is 506. The van der Waals surface area contributed by atoms with Crippen molar-refractivity contribution >= 4 is 5.91 Å². The van der Waals surface area contributed by atoms with Crippen molar-refractivity contribution in [3.05, 3.63) is 35.6 Å². The highest BCUT2D eigenvalue weighted by molar-refractivity contribution is 5.79. The van der Waals surface area contributed by atoms with E-state index in [9.17, 15) is 9.18 Å². The number of likely N-dealkylation sites (N-methyl/N-ethyl adjacent to an activating group) is 1. The molecular weight excluding hydrogens is 271 g/mol. The molecule has 1 aromatic carbocycles. The molecule has 0 saturated carbocycles. The summed E-state index contributed by atoms with van der Waals surface area (Å²) in [6.45, 7) is 4.10. The molecule has 2 fully saturated rings. The topological polar surface area (TPSA) is 32.8 Å². The summed E-state index contributed by atoms with van der Waals surface area (Å²) < 4.78 is 18.7. The number of fused-ring (bicyclic) bond motifs is 1. The maximum absolute atomic E-state index is 12.9. The van der Waals surface area contributed by atoms with Gasteiger partial charge in [0, 0.05) is 32.1 Å². The first-order chi connectivity index (χ1) is 10.1. The molecule has 1 aromatic rings. The first kappa shape index (κ1) is 14.5. The number of halogens is 1. The molecule has 21 heavy (non-hydrogen) atoms. The van der Waals surface area contributed by atoms with Crippen LogP contribution in [0.3, 0.4) is 0 Å². The fourth-order valence-corrected chi connectivity index (χ4v) is 3.15. The van der Waals surface area contributed by atoms with Crippen LogP contribution in [0.15, 0.2) is 24.3 Å². The number of amides is 1. The number of benzene rings is 1. The molecule has 2 atom stereocenters. The molecule has 2 aliphatic heterocycles. The van der Waals surface area contributed by atoms with Crippen LogP contribution in [0.5, 0.6) is 0 Å². The smallest absolute Gasteiger partial charge is 0.227 e. The van der Waals surface area contributed by atoms with Gasteiger partial charge in [-0.15, -0.1) is 0 Å². The minimum Gasteiger partial charge on any atom is -0.375 e. The number of hydrogen-bond donors (Lipinski definition) is 0. The minimum absolute atomic E-state index is 0.0981. The van der Waals surface area contributed by atoms with E-state index >= 15 is 0 Å². The van der Waals surface area contributed by atoms with Crippen LogP contribution in [-0.4, -0.2) is 61.6 Å². The average molecular weight is 292 g/mol. The molecule has 4 nitrogen and oxygen atoms in total. The van der Waals surface area contributed by atoms with E-state index in [1.54, 1.807) is 12.1 Å². The van der Waals surface area contributed by atoms with Crippen LogP contribution in [0.2, 0.25) is 0 Å². The fourth-order valence-electron chi connectivity index (χ4n) is 3.15. The van der Waals surface area contributed by atoms with Crippen molar-refractivity contribution in [1.82, 2.24) is 9.80 Å². The maximum Gasteiger partial charge on any atom is 0.227 e. The lowest BCUT2D eigenvalue weighted by Gasteiger charge is -2.19. The Kier molecular flexibility index (Phi) is 4.22. The van der Waals surface area contributed by atoms with Crippen LogP contribution in [0.25, 0.3) is 0 Å². The molecule has 0 aliphatic carbocycles. The molecule has 0 N–H and O–H groups in total. The van der Waals surface area contributed by atoms with Crippen molar-refractivity contribution in [2.45, 2.75) is 12.5 Å². The van der Waals surface area contributed by atoms with E-state index in [0.29, 0.717) is 18.9 Å². The van der Waals surface area contributed by atoms with Crippen LogP contribution < -0.4 is 0 Å². The third-order valence-electron chi connectivity index (χ3n) is 4.35. The molecular formula is C16H21FN2O2. The number of nitrogens with zero attached hydrogens (tertiary/aromatic N) is 2. The molecule has 2 saturated heterocycles. The largest absolute Gasteiger partial charge is 0.375 e. The van der Waals surface area contributed by atoms with Gasteiger partial charge < -0.3 is 14.5 Å². The number of rotatable bonds is 2. The number of ether oxygens (including phenoxy) is 1. The molecule has 1 amide bonds. The van der Waals surface area contributed by atoms with Crippen molar-refractivity contribution in [2.24, 2.45) is 5.92 Å². The van der Waals surface area contributed by atoms with Crippen LogP contribution in [0.1, 0.15) is 5.56 Å². The molecule has 0 aromatic heterocycles. The highest BCUT2D eigenvalue weighted by atomic mass is 19.1. The lowest BCUT2D eigenvalue weighted by Crippen LogP contribution is -2.33. The Labute approximate surface area is 124 Å². The van der Waals surface area contributed by atoms with Gasteiger partial charge in [0.15, 0.2) is 0 Å². The Morgan fingerprint density at radius 2 is 2.05 bits per heavy atom. The predicted molar refractivity (Wildman–Crippen MR) is 77.4 cm³/mol. The molecule has 0 radical (unpaired) electrons. The normalized spacial score (nSPS) is 26.5. The third kappa shape index (κ3) is 3.41. The first-order valence-electron chi connectivity index (χ1n) is 7.44. The van der Waals surface area contributed by atoms with Gasteiger partial charge in [-0.2, -0.15) is 0 Å². The third-order valence-corrected chi connectivity index (χ3v) is 4.35. The molecule has 3 rings (SSSR count). The Morgan fingerprint density at radius 1 is 1.29 bits per heavy atom. The highest BCUT2D eigenvalue weighted by Gasteiger charge is 2.37. The van der Waals surface area contributed by atoms with Crippen molar-refractivity contribution < 1.29 is 13.9 Å². The van der Waals surface area contributed by atoms with Crippen molar-refractivity contribution in [3.8, 4) is 0 Å². The Balaban J connectivity index is 1.60. The van der Waals surface area contributed by atoms with Gasteiger partial charge in [-0.05, 0) is 24.7 Å². The summed E-state index contributed by atoms with van der Waals surface area (Å²) in [5.41, 5.74) is 0.853. The average Bonchev–Trinajstić information content (AvgIpc) is 2.76. The van der Waals surface area contributed by atoms with Gasteiger partial charge in [0.05, 0.1) is 19.1 Å². The Morgan fingerprint density at radius 3 is 2.81 bits per heavy atom. The maximum atomic E-state index is 12.9. The van der Waals surface area contributed by atoms with Crippen molar-refractivity contribution in [1.29, 1.82) is 0 Å². The van der Waals surface area contributed by atoms with E-state index in [1.807, 2.05) is 4.90 Å². The van der Waals surface area contributed by atoms with Gasteiger partial charge in [0.2, 0.25) is 5.91 Å². The second-order valence-electron chi connectivity index (χ2n) is 6.03. The zero-order valence-corrected chi connectivity index (χ0v) is 12.3. The van der Waals surface area contributed by atoms with Gasteiger partial charge in [0.1, 0.15) is 5.82 Å². The van der Waals surface area contributed by atoms with Crippen molar-refractivity contribution in [2.75, 3.05) is 39.8 Å². The van der Waals surface area contributed by atoms with Gasteiger partial charge in [-0.25, -0.2) is 4.39 Å². The highest BCUT2D eigenvalue weighted by Crippen LogP contribution is 2.23. The van der Waals surface area contributed by atoms with Crippen molar-refractivity contribution in [3.63, 3.8) is 0 Å². The van der Waals surface area contributed by atoms with Crippen LogP contribution >= 0.6 is 0 Å². The number of hydrogen-bond acceptors (Lipinski definition) is 3. The van der Waals surface area contributed by atoms with E-state index in [1.165, 1.54) is 12.1 Å². The first-order valence-corrected chi connectivity index (χ1v) is 7.44. The van der Waals surface area contributed by atoms with Gasteiger partial charge >= 0.3 is 0 Å². The number of carbonyl (C=O) groups is 1. The van der Waals surface area contributed by atoms with E-state index < -0.39 is 0 Å². The molecule has 0 bridgehead atoms. The molecule has 2 aliphatic rings. The lowest BCUT2D eigenvalue weighted by molar-refractivity contribution is -0.130. The fraction of sp³-hybridized carbons (Fsp3) is 0.562. The summed E-state index contributed by atoms with van der Waals surface area (Å²) in [5, 5.41) is 0. The zero-order chi connectivity index (χ0) is 14.8. The van der Waals surface area contributed by atoms with Crippen LogP contribution in [0.4, 0.5) is 4.39 Å². The SMILES string of the molecule is CN1CCO[C@@H]2CN(C(=O)Cc3ccc(F)cc3)C[C@@H]2C1. The van der Waals surface area contributed by atoms with E-state index in [4.69, 9.17) is 4.74 Å². The summed E-state index contributed by atoms with van der Waals surface area (Å²) >= 11 is 0. The Hall–Kier alpha value is -1.46. The number of likely N-dealkylation sites (tertiary alicyclic amines) is 1. The van der Waals surface area contributed by atoms with Crippen LogP contribution in [0, 0.1) is 11.7 Å². The second kappa shape index (κ2) is 6.12. The molecule has 0 spiro atoms. The van der Waals surface area contributed by atoms with Crippen LogP contribution in [-0.2, 0) is 16.0 Å². The zero-order valence-electron chi connectivity index (χ0n) is 12.3.